The average Bonchev–Trinajstić information content (AvgIpc) is 2.99. The second kappa shape index (κ2) is 9.83. The van der Waals surface area contributed by atoms with Crippen molar-refractivity contribution in [1.29, 1.82) is 0 Å². The molecular formula is C26H27F3N2O3. The summed E-state index contributed by atoms with van der Waals surface area (Å²) in [6.07, 6.45) is -5.18. The van der Waals surface area contributed by atoms with Crippen molar-refractivity contribution >= 4 is 17.6 Å². The van der Waals surface area contributed by atoms with E-state index in [0.717, 1.165) is 10.5 Å². The molecule has 0 aromatic heterocycles. The van der Waals surface area contributed by atoms with E-state index in [-0.39, 0.29) is 36.6 Å². The third kappa shape index (κ3) is 4.76. The summed E-state index contributed by atoms with van der Waals surface area (Å²) in [6, 6.07) is 16.5. The van der Waals surface area contributed by atoms with Crippen LogP contribution in [0.2, 0.25) is 0 Å². The lowest BCUT2D eigenvalue weighted by Crippen LogP contribution is -2.66. The lowest BCUT2D eigenvalue weighted by Gasteiger charge is -2.33. The summed E-state index contributed by atoms with van der Waals surface area (Å²) in [7, 11) is 0. The number of ketones is 1. The van der Waals surface area contributed by atoms with Crippen LogP contribution in [0, 0.1) is 5.92 Å². The number of Topliss-reactive ketones (excluding diaryl/α,β-unsaturated/α-hetero) is 1. The van der Waals surface area contributed by atoms with Crippen molar-refractivity contribution in [2.75, 3.05) is 6.54 Å². The molecule has 180 valence electrons. The van der Waals surface area contributed by atoms with Crippen LogP contribution in [-0.2, 0) is 16.0 Å². The second-order valence-corrected chi connectivity index (χ2v) is 8.74. The summed E-state index contributed by atoms with van der Waals surface area (Å²) < 4.78 is 44.3. The molecule has 2 aromatic carbocycles. The van der Waals surface area contributed by atoms with Gasteiger partial charge in [-0.1, -0.05) is 74.5 Å². The monoisotopic (exact) mass is 472 g/mol. The van der Waals surface area contributed by atoms with Crippen molar-refractivity contribution in [3.05, 3.63) is 83.1 Å². The van der Waals surface area contributed by atoms with Crippen LogP contribution < -0.4 is 5.32 Å². The highest BCUT2D eigenvalue weighted by molar-refractivity contribution is 6.19. The Labute approximate surface area is 196 Å². The molecular weight excluding hydrogens is 445 g/mol. The van der Waals surface area contributed by atoms with Crippen molar-refractivity contribution in [2.45, 2.75) is 45.3 Å². The number of halogens is 3. The zero-order valence-electron chi connectivity index (χ0n) is 19.3. The SMILES string of the molecule is CC1=C(C(=O)c2ccccc2)[C@@](NC(=O)CC(C)C)(C(F)(F)F)C(=O)N1CCc1ccccc1. The second-order valence-electron chi connectivity index (χ2n) is 8.74. The van der Waals surface area contributed by atoms with Crippen molar-refractivity contribution in [2.24, 2.45) is 5.92 Å². The van der Waals surface area contributed by atoms with Gasteiger partial charge in [0.05, 0.1) is 5.57 Å². The van der Waals surface area contributed by atoms with E-state index in [2.05, 4.69) is 0 Å². The number of allylic oxidation sites excluding steroid dienone is 1. The van der Waals surface area contributed by atoms with Crippen molar-refractivity contribution in [1.82, 2.24) is 10.2 Å². The van der Waals surface area contributed by atoms with E-state index in [9.17, 15) is 27.6 Å². The Morgan fingerprint density at radius 2 is 1.56 bits per heavy atom. The van der Waals surface area contributed by atoms with Gasteiger partial charge >= 0.3 is 6.18 Å². The van der Waals surface area contributed by atoms with Gasteiger partial charge in [0.15, 0.2) is 5.78 Å². The first-order chi connectivity index (χ1) is 16.0. The van der Waals surface area contributed by atoms with Gasteiger partial charge in [-0.2, -0.15) is 13.2 Å². The van der Waals surface area contributed by atoms with Crippen molar-refractivity contribution in [3.8, 4) is 0 Å². The maximum atomic E-state index is 14.8. The number of rotatable bonds is 8. The molecule has 1 aliphatic rings. The molecule has 0 saturated carbocycles. The number of amides is 2. The number of alkyl halides is 3. The molecule has 0 saturated heterocycles. The van der Waals surface area contributed by atoms with Crippen LogP contribution in [0.25, 0.3) is 0 Å². The topological polar surface area (TPSA) is 66.5 Å². The zero-order chi connectivity index (χ0) is 25.1. The van der Waals surface area contributed by atoms with Gasteiger partial charge in [0.25, 0.3) is 5.91 Å². The highest BCUT2D eigenvalue weighted by atomic mass is 19.4. The maximum absolute atomic E-state index is 14.8. The Hall–Kier alpha value is -3.42. The van der Waals surface area contributed by atoms with E-state index in [0.29, 0.717) is 0 Å². The van der Waals surface area contributed by atoms with Gasteiger partial charge in [0.2, 0.25) is 11.4 Å². The summed E-state index contributed by atoms with van der Waals surface area (Å²) in [6.45, 7) is 4.61. The minimum absolute atomic E-state index is 0.00120. The standard InChI is InChI=1S/C26H27F3N2O3/c1-17(2)16-21(32)30-25(26(27,28)29)22(23(33)20-12-8-5-9-13-20)18(3)31(24(25)34)15-14-19-10-6-4-7-11-19/h4-13,17H,14-16H2,1-3H3,(H,30,32)/t25-/m0/s1. The molecule has 3 rings (SSSR count). The van der Waals surface area contributed by atoms with Crippen LogP contribution >= 0.6 is 0 Å². The summed E-state index contributed by atoms with van der Waals surface area (Å²) in [5.41, 5.74) is -3.50. The Morgan fingerprint density at radius 3 is 2.09 bits per heavy atom. The lowest BCUT2D eigenvalue weighted by atomic mass is 9.84. The molecule has 8 heteroatoms. The molecule has 0 unspecified atom stereocenters. The molecule has 0 radical (unpaired) electrons. The molecule has 34 heavy (non-hydrogen) atoms. The maximum Gasteiger partial charge on any atom is 0.425 e. The average molecular weight is 473 g/mol. The van der Waals surface area contributed by atoms with Gasteiger partial charge in [0.1, 0.15) is 0 Å². The minimum atomic E-state index is -5.24. The smallest absolute Gasteiger partial charge is 0.330 e. The fourth-order valence-electron chi connectivity index (χ4n) is 4.17. The summed E-state index contributed by atoms with van der Waals surface area (Å²) in [5, 5.41) is 1.94. The van der Waals surface area contributed by atoms with E-state index in [1.165, 1.54) is 31.2 Å². The Balaban J connectivity index is 2.12. The minimum Gasteiger partial charge on any atom is -0.330 e. The zero-order valence-corrected chi connectivity index (χ0v) is 19.3. The molecule has 2 aromatic rings. The summed E-state index contributed by atoms with van der Waals surface area (Å²) >= 11 is 0. The number of carbonyl (C=O) groups is 3. The fourth-order valence-corrected chi connectivity index (χ4v) is 4.17. The first-order valence-corrected chi connectivity index (χ1v) is 11.0. The molecule has 0 spiro atoms. The number of hydrogen-bond donors (Lipinski definition) is 1. The number of nitrogens with zero attached hydrogens (tertiary/aromatic N) is 1. The van der Waals surface area contributed by atoms with Gasteiger partial charge < -0.3 is 10.2 Å². The quantitative estimate of drug-likeness (QED) is 0.567. The molecule has 0 aliphatic carbocycles. The van der Waals surface area contributed by atoms with Crippen LogP contribution in [0.3, 0.4) is 0 Å². The molecule has 1 N–H and O–H groups in total. The Bertz CT molecular complexity index is 1100. The molecule has 1 heterocycles. The van der Waals surface area contributed by atoms with E-state index in [4.69, 9.17) is 0 Å². The van der Waals surface area contributed by atoms with E-state index in [1.807, 2.05) is 11.4 Å². The van der Waals surface area contributed by atoms with E-state index < -0.39 is 34.9 Å². The van der Waals surface area contributed by atoms with E-state index >= 15 is 0 Å². The van der Waals surface area contributed by atoms with Gasteiger partial charge in [0, 0.05) is 24.2 Å². The van der Waals surface area contributed by atoms with E-state index in [1.54, 1.807) is 44.2 Å². The first kappa shape index (κ1) is 25.2. The molecule has 1 aliphatic heterocycles. The van der Waals surface area contributed by atoms with Crippen LogP contribution in [0.5, 0.6) is 0 Å². The number of hydrogen-bond acceptors (Lipinski definition) is 3. The normalized spacial score (nSPS) is 18.6. The fraction of sp³-hybridized carbons (Fsp3) is 0.346. The third-order valence-electron chi connectivity index (χ3n) is 5.78. The van der Waals surface area contributed by atoms with Crippen LogP contribution in [0.1, 0.15) is 43.1 Å². The summed E-state index contributed by atoms with van der Waals surface area (Å²) in [5.74, 6) is -3.51. The highest BCUT2D eigenvalue weighted by Gasteiger charge is 2.70. The molecule has 0 fully saturated rings. The number of nitrogens with one attached hydrogen (secondary N) is 1. The van der Waals surface area contributed by atoms with Crippen LogP contribution in [0.15, 0.2) is 71.9 Å². The van der Waals surface area contributed by atoms with Crippen molar-refractivity contribution in [3.63, 3.8) is 0 Å². The predicted octanol–water partition coefficient (Wildman–Crippen LogP) is 4.69. The molecule has 2 amide bonds. The van der Waals surface area contributed by atoms with Gasteiger partial charge in [-0.15, -0.1) is 0 Å². The third-order valence-corrected chi connectivity index (χ3v) is 5.78. The largest absolute Gasteiger partial charge is 0.425 e. The van der Waals surface area contributed by atoms with Crippen LogP contribution in [0.4, 0.5) is 13.2 Å². The first-order valence-electron chi connectivity index (χ1n) is 11.0. The summed E-state index contributed by atoms with van der Waals surface area (Å²) in [4.78, 5) is 40.4. The Kier molecular flexibility index (Phi) is 7.29. The molecule has 1 atom stereocenters. The number of benzene rings is 2. The molecule has 0 bridgehead atoms. The van der Waals surface area contributed by atoms with Crippen molar-refractivity contribution < 1.29 is 27.6 Å². The predicted molar refractivity (Wildman–Crippen MR) is 122 cm³/mol. The van der Waals surface area contributed by atoms with Gasteiger partial charge in [-0.05, 0) is 24.8 Å². The molecule has 5 nitrogen and oxygen atoms in total. The number of carbonyl (C=O) groups excluding carboxylic acids is 3. The Morgan fingerprint density at radius 1 is 1.00 bits per heavy atom. The lowest BCUT2D eigenvalue weighted by molar-refractivity contribution is -0.193. The van der Waals surface area contributed by atoms with Crippen LogP contribution in [-0.4, -0.2) is 40.8 Å². The highest BCUT2D eigenvalue weighted by Crippen LogP contribution is 2.46. The van der Waals surface area contributed by atoms with Gasteiger partial charge in [-0.3, -0.25) is 14.4 Å². The van der Waals surface area contributed by atoms with Gasteiger partial charge in [-0.25, -0.2) is 0 Å².